The smallest absolute Gasteiger partial charge is 0.337 e. The van der Waals surface area contributed by atoms with Crippen molar-refractivity contribution in [1.82, 2.24) is 0 Å². The highest BCUT2D eigenvalue weighted by molar-refractivity contribution is 5.94. The molecule has 1 saturated carbocycles. The van der Waals surface area contributed by atoms with Gasteiger partial charge in [0.15, 0.2) is 0 Å². The lowest BCUT2D eigenvalue weighted by molar-refractivity contribution is 0.0697. The Morgan fingerprint density at radius 2 is 2.12 bits per heavy atom. The molecule has 16 heavy (non-hydrogen) atoms. The first kappa shape index (κ1) is 10.8. The molecular weight excluding hydrogens is 206 g/mol. The number of rotatable bonds is 4. The summed E-state index contributed by atoms with van der Waals surface area (Å²) in [5.41, 5.74) is 0.971. The quantitative estimate of drug-likeness (QED) is 0.844. The molecule has 0 atom stereocenters. The maximum atomic E-state index is 11.1. The monoisotopic (exact) mass is 221 g/mol. The third-order valence-corrected chi connectivity index (χ3v) is 2.51. The zero-order chi connectivity index (χ0) is 11.7. The number of carbonyl (C=O) groups is 1. The molecule has 0 aliphatic heterocycles. The summed E-state index contributed by atoms with van der Waals surface area (Å²) in [6.45, 7) is 0. The van der Waals surface area contributed by atoms with Gasteiger partial charge in [-0.25, -0.2) is 4.79 Å². The molecule has 0 amide bonds. The van der Waals surface area contributed by atoms with Crippen LogP contribution in [0.15, 0.2) is 18.2 Å². The highest BCUT2D eigenvalue weighted by Gasteiger charge is 2.24. The minimum Gasteiger partial charge on any atom is -0.490 e. The van der Waals surface area contributed by atoms with E-state index >= 15 is 0 Å². The van der Waals surface area contributed by atoms with E-state index in [1.54, 1.807) is 17.0 Å². The fourth-order valence-corrected chi connectivity index (χ4v) is 1.53. The van der Waals surface area contributed by atoms with Crippen LogP contribution in [0.5, 0.6) is 5.75 Å². The summed E-state index contributed by atoms with van der Waals surface area (Å²) in [4.78, 5) is 12.9. The molecule has 1 N–H and O–H groups in total. The topological polar surface area (TPSA) is 49.8 Å². The van der Waals surface area contributed by atoms with Gasteiger partial charge in [0.2, 0.25) is 0 Å². The number of hydrogen-bond acceptors (Lipinski definition) is 3. The minimum absolute atomic E-state index is 0.281. The van der Waals surface area contributed by atoms with Crippen molar-refractivity contribution in [3.63, 3.8) is 0 Å². The Balaban J connectivity index is 2.30. The number of benzene rings is 1. The van der Waals surface area contributed by atoms with E-state index in [9.17, 15) is 4.79 Å². The molecule has 1 aromatic rings. The summed E-state index contributed by atoms with van der Waals surface area (Å²) < 4.78 is 5.57. The highest BCUT2D eigenvalue weighted by Crippen LogP contribution is 2.30. The molecule has 4 nitrogen and oxygen atoms in total. The van der Waals surface area contributed by atoms with Gasteiger partial charge in [0.05, 0.1) is 17.4 Å². The Kier molecular flexibility index (Phi) is 2.73. The van der Waals surface area contributed by atoms with Crippen LogP contribution >= 0.6 is 0 Å². The van der Waals surface area contributed by atoms with Crippen molar-refractivity contribution in [2.45, 2.75) is 18.9 Å². The van der Waals surface area contributed by atoms with Gasteiger partial charge < -0.3 is 14.7 Å². The second kappa shape index (κ2) is 4.04. The summed E-state index contributed by atoms with van der Waals surface area (Å²) in [5, 5.41) is 9.11. The van der Waals surface area contributed by atoms with Crippen LogP contribution in [-0.4, -0.2) is 31.3 Å². The van der Waals surface area contributed by atoms with E-state index in [-0.39, 0.29) is 11.7 Å². The highest BCUT2D eigenvalue weighted by atomic mass is 16.5. The van der Waals surface area contributed by atoms with E-state index < -0.39 is 5.97 Å². The van der Waals surface area contributed by atoms with Crippen molar-refractivity contribution in [1.29, 1.82) is 0 Å². The molecule has 1 aliphatic carbocycles. The summed E-state index contributed by atoms with van der Waals surface area (Å²) in [6, 6.07) is 5.19. The SMILES string of the molecule is CN(C)c1ccc(OC2CC2)cc1C(=O)O. The maximum absolute atomic E-state index is 11.1. The van der Waals surface area contributed by atoms with Crippen molar-refractivity contribution in [2.75, 3.05) is 19.0 Å². The fraction of sp³-hybridized carbons (Fsp3) is 0.417. The third-order valence-electron chi connectivity index (χ3n) is 2.51. The second-order valence-electron chi connectivity index (χ2n) is 4.20. The molecule has 1 aliphatic rings. The average Bonchev–Trinajstić information content (AvgIpc) is 3.01. The number of aromatic carboxylic acids is 1. The van der Waals surface area contributed by atoms with Gasteiger partial charge >= 0.3 is 5.97 Å². The summed E-state index contributed by atoms with van der Waals surface area (Å²) in [7, 11) is 3.65. The Morgan fingerprint density at radius 3 is 2.62 bits per heavy atom. The number of carboxylic acid groups (broad SMARTS) is 1. The standard InChI is InChI=1S/C12H15NO3/c1-13(2)11-6-5-9(16-8-3-4-8)7-10(11)12(14)15/h5-8H,3-4H2,1-2H3,(H,14,15). The molecular formula is C12H15NO3. The van der Waals surface area contributed by atoms with Gasteiger partial charge in [-0.3, -0.25) is 0 Å². The summed E-state index contributed by atoms with van der Waals surface area (Å²) in [6.07, 6.45) is 2.42. The van der Waals surface area contributed by atoms with Gasteiger partial charge in [-0.1, -0.05) is 0 Å². The number of nitrogens with zero attached hydrogens (tertiary/aromatic N) is 1. The number of anilines is 1. The molecule has 0 bridgehead atoms. The van der Waals surface area contributed by atoms with E-state index in [4.69, 9.17) is 9.84 Å². The lowest BCUT2D eigenvalue weighted by Crippen LogP contribution is -2.14. The van der Waals surface area contributed by atoms with Crippen molar-refractivity contribution < 1.29 is 14.6 Å². The van der Waals surface area contributed by atoms with Crippen LogP contribution in [0.4, 0.5) is 5.69 Å². The van der Waals surface area contributed by atoms with E-state index in [2.05, 4.69) is 0 Å². The van der Waals surface area contributed by atoms with E-state index in [1.807, 2.05) is 20.2 Å². The molecule has 0 unspecified atom stereocenters. The third kappa shape index (κ3) is 2.27. The molecule has 0 heterocycles. The summed E-state index contributed by atoms with van der Waals surface area (Å²) in [5.74, 6) is -0.282. The molecule has 0 spiro atoms. The first-order valence-electron chi connectivity index (χ1n) is 5.29. The van der Waals surface area contributed by atoms with Crippen molar-refractivity contribution in [2.24, 2.45) is 0 Å². The average molecular weight is 221 g/mol. The van der Waals surface area contributed by atoms with E-state index in [0.717, 1.165) is 12.8 Å². The van der Waals surface area contributed by atoms with Gasteiger partial charge in [-0.2, -0.15) is 0 Å². The zero-order valence-corrected chi connectivity index (χ0v) is 9.43. The second-order valence-corrected chi connectivity index (χ2v) is 4.20. The van der Waals surface area contributed by atoms with Crippen LogP contribution in [0.25, 0.3) is 0 Å². The number of ether oxygens (including phenoxy) is 1. The Labute approximate surface area is 94.4 Å². The largest absolute Gasteiger partial charge is 0.490 e. The fourth-order valence-electron chi connectivity index (χ4n) is 1.53. The number of hydrogen-bond donors (Lipinski definition) is 1. The normalized spacial score (nSPS) is 14.6. The van der Waals surface area contributed by atoms with Crippen LogP contribution in [0.1, 0.15) is 23.2 Å². The maximum Gasteiger partial charge on any atom is 0.337 e. The molecule has 0 radical (unpaired) electrons. The molecule has 86 valence electrons. The molecule has 0 aromatic heterocycles. The molecule has 0 saturated heterocycles. The lowest BCUT2D eigenvalue weighted by atomic mass is 10.1. The zero-order valence-electron chi connectivity index (χ0n) is 9.43. The van der Waals surface area contributed by atoms with Crippen LogP contribution in [-0.2, 0) is 0 Å². The van der Waals surface area contributed by atoms with Crippen molar-refractivity contribution >= 4 is 11.7 Å². The van der Waals surface area contributed by atoms with E-state index in [0.29, 0.717) is 11.4 Å². The van der Waals surface area contributed by atoms with Gasteiger partial charge in [-0.05, 0) is 31.0 Å². The van der Waals surface area contributed by atoms with Crippen molar-refractivity contribution in [3.8, 4) is 5.75 Å². The predicted octanol–water partition coefficient (Wildman–Crippen LogP) is 1.99. The van der Waals surface area contributed by atoms with Crippen LogP contribution in [0.3, 0.4) is 0 Å². The van der Waals surface area contributed by atoms with Gasteiger partial charge in [0.25, 0.3) is 0 Å². The molecule has 2 rings (SSSR count). The summed E-state index contributed by atoms with van der Waals surface area (Å²) >= 11 is 0. The molecule has 1 fully saturated rings. The first-order chi connectivity index (χ1) is 7.58. The molecule has 4 heteroatoms. The molecule has 1 aromatic carbocycles. The van der Waals surface area contributed by atoms with Crippen LogP contribution in [0.2, 0.25) is 0 Å². The van der Waals surface area contributed by atoms with E-state index in [1.165, 1.54) is 0 Å². The lowest BCUT2D eigenvalue weighted by Gasteiger charge is -2.16. The predicted molar refractivity (Wildman–Crippen MR) is 61.4 cm³/mol. The van der Waals surface area contributed by atoms with Gasteiger partial charge in [0.1, 0.15) is 5.75 Å². The Morgan fingerprint density at radius 1 is 1.44 bits per heavy atom. The Hall–Kier alpha value is -1.71. The Bertz CT molecular complexity index is 411. The van der Waals surface area contributed by atoms with Gasteiger partial charge in [-0.15, -0.1) is 0 Å². The van der Waals surface area contributed by atoms with Gasteiger partial charge in [0, 0.05) is 14.1 Å². The first-order valence-corrected chi connectivity index (χ1v) is 5.29. The number of carboxylic acids is 1. The minimum atomic E-state index is -0.926. The van der Waals surface area contributed by atoms with Crippen LogP contribution < -0.4 is 9.64 Å². The van der Waals surface area contributed by atoms with Crippen LogP contribution in [0, 0.1) is 0 Å². The van der Waals surface area contributed by atoms with Crippen molar-refractivity contribution in [3.05, 3.63) is 23.8 Å².